The highest BCUT2D eigenvalue weighted by Crippen LogP contribution is 2.43. The Morgan fingerprint density at radius 1 is 1.06 bits per heavy atom. The molecule has 0 spiro atoms. The first-order valence-electron chi connectivity index (χ1n) is 12.8. The zero-order chi connectivity index (χ0) is 23.7. The van der Waals surface area contributed by atoms with E-state index in [4.69, 9.17) is 0 Å². The van der Waals surface area contributed by atoms with Crippen molar-refractivity contribution in [3.63, 3.8) is 0 Å². The molecule has 2 fully saturated rings. The smallest absolute Gasteiger partial charge is 0.223 e. The number of aliphatic hydroxyl groups excluding tert-OH is 1. The summed E-state index contributed by atoms with van der Waals surface area (Å²) in [5.41, 5.74) is 2.36. The van der Waals surface area contributed by atoms with E-state index < -0.39 is 12.3 Å². The van der Waals surface area contributed by atoms with Gasteiger partial charge in [0.1, 0.15) is 6.04 Å². The van der Waals surface area contributed by atoms with Gasteiger partial charge in [-0.05, 0) is 68.6 Å². The number of benzene rings is 1. The number of likely N-dealkylation sites (tertiary alicyclic amines) is 1. The number of fused-ring (bicyclic) bond motifs is 1. The molecule has 1 saturated heterocycles. The number of piperidine rings is 1. The van der Waals surface area contributed by atoms with Gasteiger partial charge < -0.3 is 20.2 Å². The van der Waals surface area contributed by atoms with Crippen molar-refractivity contribution in [1.29, 1.82) is 5.26 Å². The molecule has 4 rings (SSSR count). The maximum atomic E-state index is 12.5. The monoisotopic (exact) mass is 452 g/mol. The molecule has 1 aromatic carbocycles. The van der Waals surface area contributed by atoms with Gasteiger partial charge in [-0.15, -0.1) is 0 Å². The molecule has 1 saturated carbocycles. The van der Waals surface area contributed by atoms with Crippen molar-refractivity contribution >= 4 is 11.6 Å². The lowest BCUT2D eigenvalue weighted by molar-refractivity contribution is -0.125. The Bertz CT molecular complexity index is 877. The number of hydrogen-bond donors (Lipinski definition) is 2. The Balaban J connectivity index is 1.45. The van der Waals surface area contributed by atoms with Crippen molar-refractivity contribution in [2.24, 2.45) is 17.8 Å². The van der Waals surface area contributed by atoms with Gasteiger partial charge in [0.05, 0.1) is 11.6 Å². The summed E-state index contributed by atoms with van der Waals surface area (Å²) in [4.78, 5) is 17.2. The van der Waals surface area contributed by atoms with E-state index in [1.165, 1.54) is 25.7 Å². The van der Waals surface area contributed by atoms with Crippen molar-refractivity contribution in [3.8, 4) is 6.07 Å². The minimum Gasteiger partial charge on any atom is -0.371 e. The fraction of sp³-hybridized carbons (Fsp3) is 0.704. The maximum Gasteiger partial charge on any atom is 0.223 e. The molecule has 0 aromatic heterocycles. The van der Waals surface area contributed by atoms with E-state index in [1.54, 1.807) is 0 Å². The Kier molecular flexibility index (Phi) is 7.31. The van der Waals surface area contributed by atoms with Crippen molar-refractivity contribution < 1.29 is 9.90 Å². The average Bonchev–Trinajstić information content (AvgIpc) is 3.09. The minimum absolute atomic E-state index is 0.0824. The van der Waals surface area contributed by atoms with Crippen LogP contribution in [-0.4, -0.2) is 47.3 Å². The van der Waals surface area contributed by atoms with Gasteiger partial charge in [0, 0.05) is 42.3 Å². The number of rotatable bonds is 5. The molecule has 1 aliphatic carbocycles. The van der Waals surface area contributed by atoms with Gasteiger partial charge in [-0.3, -0.25) is 4.79 Å². The van der Waals surface area contributed by atoms with Crippen LogP contribution in [0.4, 0.5) is 5.69 Å². The molecule has 1 amide bonds. The summed E-state index contributed by atoms with van der Waals surface area (Å²) in [5, 5.41) is 23.7. The number of carbonyl (C=O) groups excluding carboxylic acids is 1. The Morgan fingerprint density at radius 2 is 1.73 bits per heavy atom. The number of nitriles is 1. The number of aliphatic hydroxyl groups is 1. The van der Waals surface area contributed by atoms with E-state index in [0.29, 0.717) is 11.6 Å². The zero-order valence-corrected chi connectivity index (χ0v) is 20.6. The summed E-state index contributed by atoms with van der Waals surface area (Å²) >= 11 is 0. The second kappa shape index (κ2) is 10.0. The molecule has 0 bridgehead atoms. The first-order valence-corrected chi connectivity index (χ1v) is 12.8. The molecule has 2 heterocycles. The van der Waals surface area contributed by atoms with E-state index in [1.807, 2.05) is 32.0 Å². The fourth-order valence-corrected chi connectivity index (χ4v) is 6.12. The summed E-state index contributed by atoms with van der Waals surface area (Å²) in [5.74, 6) is 1.43. The van der Waals surface area contributed by atoms with E-state index in [9.17, 15) is 15.2 Å². The molecule has 2 aliphatic heterocycles. The topological polar surface area (TPSA) is 79.6 Å². The molecule has 33 heavy (non-hydrogen) atoms. The molecule has 0 radical (unpaired) electrons. The number of nitrogens with one attached hydrogen (secondary N) is 1. The van der Waals surface area contributed by atoms with Crippen molar-refractivity contribution in [2.45, 2.75) is 90.6 Å². The van der Waals surface area contributed by atoms with Crippen LogP contribution in [0.1, 0.15) is 83.4 Å². The Labute approximate surface area is 198 Å². The number of nitrogens with zero attached hydrogens (tertiary/aromatic N) is 3. The predicted octanol–water partition coefficient (Wildman–Crippen LogP) is 4.19. The molecule has 1 aromatic rings. The van der Waals surface area contributed by atoms with Crippen LogP contribution < -0.4 is 10.2 Å². The molecular weight excluding hydrogens is 412 g/mol. The minimum atomic E-state index is -0.810. The van der Waals surface area contributed by atoms with Crippen LogP contribution in [0.5, 0.6) is 0 Å². The number of carbonyl (C=O) groups is 1. The number of amides is 1. The van der Waals surface area contributed by atoms with Crippen LogP contribution in [0.25, 0.3) is 0 Å². The molecular formula is C27H40N4O2. The highest BCUT2D eigenvalue weighted by atomic mass is 16.3. The molecule has 2 unspecified atom stereocenters. The molecule has 6 heteroatoms. The SMILES string of the molecule is CC(C)C(=O)NC1c2cc(C#N)ccc2N(C2CCN(C3CCC(C(C)C)CC3)CC2)C1O. The quantitative estimate of drug-likeness (QED) is 0.700. The standard InChI is InChI=1S/C27H40N4O2/c1-17(2)20-6-8-21(9-7-20)30-13-11-22(12-14-30)31-24-10-5-19(16-28)15-23(24)25(27(31)33)29-26(32)18(3)4/h5,10,15,17-18,20-22,25,27,33H,6-9,11-14H2,1-4H3,(H,29,32). The summed E-state index contributed by atoms with van der Waals surface area (Å²) in [6, 6.07) is 8.20. The molecule has 6 nitrogen and oxygen atoms in total. The molecule has 3 aliphatic rings. The predicted molar refractivity (Wildman–Crippen MR) is 131 cm³/mol. The zero-order valence-electron chi connectivity index (χ0n) is 20.6. The van der Waals surface area contributed by atoms with E-state index >= 15 is 0 Å². The second-order valence-corrected chi connectivity index (χ2v) is 10.9. The normalized spacial score (nSPS) is 28.7. The van der Waals surface area contributed by atoms with Crippen LogP contribution >= 0.6 is 0 Å². The highest BCUT2D eigenvalue weighted by molar-refractivity contribution is 5.79. The first-order chi connectivity index (χ1) is 15.8. The lowest BCUT2D eigenvalue weighted by Gasteiger charge is -2.44. The van der Waals surface area contributed by atoms with Crippen LogP contribution in [-0.2, 0) is 4.79 Å². The van der Waals surface area contributed by atoms with Crippen molar-refractivity contribution in [2.75, 3.05) is 18.0 Å². The lowest BCUT2D eigenvalue weighted by atomic mass is 9.79. The second-order valence-electron chi connectivity index (χ2n) is 10.9. The average molecular weight is 453 g/mol. The molecule has 2 N–H and O–H groups in total. The van der Waals surface area contributed by atoms with E-state index in [0.717, 1.165) is 49.0 Å². The molecule has 180 valence electrons. The fourth-order valence-electron chi connectivity index (χ4n) is 6.12. The van der Waals surface area contributed by atoms with Gasteiger partial charge >= 0.3 is 0 Å². The summed E-state index contributed by atoms with van der Waals surface area (Å²) in [7, 11) is 0. The van der Waals surface area contributed by atoms with Crippen LogP contribution in [0.3, 0.4) is 0 Å². The van der Waals surface area contributed by atoms with Gasteiger partial charge in [-0.2, -0.15) is 5.26 Å². The van der Waals surface area contributed by atoms with Gasteiger partial charge in [-0.1, -0.05) is 27.7 Å². The van der Waals surface area contributed by atoms with Crippen LogP contribution in [0.15, 0.2) is 18.2 Å². The third-order valence-electron chi connectivity index (χ3n) is 8.27. The van der Waals surface area contributed by atoms with E-state index in [-0.39, 0.29) is 17.9 Å². The van der Waals surface area contributed by atoms with Crippen LogP contribution in [0.2, 0.25) is 0 Å². The summed E-state index contributed by atoms with van der Waals surface area (Å²) < 4.78 is 0. The van der Waals surface area contributed by atoms with Crippen LogP contribution in [0, 0.1) is 29.1 Å². The van der Waals surface area contributed by atoms with E-state index in [2.05, 4.69) is 35.0 Å². The number of anilines is 1. The Morgan fingerprint density at radius 3 is 2.30 bits per heavy atom. The lowest BCUT2D eigenvalue weighted by Crippen LogP contribution is -2.52. The number of hydrogen-bond acceptors (Lipinski definition) is 5. The Hall–Kier alpha value is -2.10. The largest absolute Gasteiger partial charge is 0.371 e. The third-order valence-corrected chi connectivity index (χ3v) is 8.27. The highest BCUT2D eigenvalue weighted by Gasteiger charge is 2.43. The van der Waals surface area contributed by atoms with Gasteiger partial charge in [0.25, 0.3) is 0 Å². The summed E-state index contributed by atoms with van der Waals surface area (Å²) in [6.45, 7) is 10.5. The van der Waals surface area contributed by atoms with Crippen molar-refractivity contribution in [3.05, 3.63) is 29.3 Å². The van der Waals surface area contributed by atoms with Gasteiger partial charge in [-0.25, -0.2) is 0 Å². The first kappa shape index (κ1) is 24.0. The van der Waals surface area contributed by atoms with Gasteiger partial charge in [0.15, 0.2) is 6.23 Å². The maximum absolute atomic E-state index is 12.5. The summed E-state index contributed by atoms with van der Waals surface area (Å²) in [6.07, 6.45) is 6.51. The molecule has 2 atom stereocenters. The van der Waals surface area contributed by atoms with Crippen molar-refractivity contribution in [1.82, 2.24) is 10.2 Å². The van der Waals surface area contributed by atoms with Gasteiger partial charge in [0.2, 0.25) is 5.91 Å². The third kappa shape index (κ3) is 4.90.